The molecule has 0 fully saturated rings. The molecule has 0 spiro atoms. The summed E-state index contributed by atoms with van der Waals surface area (Å²) in [6, 6.07) is 4.44. The van der Waals surface area contributed by atoms with E-state index in [1.54, 1.807) is 13.0 Å². The van der Waals surface area contributed by atoms with Crippen molar-refractivity contribution in [1.29, 1.82) is 0 Å². The third-order valence-corrected chi connectivity index (χ3v) is 4.23. The highest BCUT2D eigenvalue weighted by atomic mass is 35.5. The number of halogens is 1. The summed E-state index contributed by atoms with van der Waals surface area (Å²) in [5.74, 6) is -1.63. The van der Waals surface area contributed by atoms with Crippen LogP contribution in [-0.4, -0.2) is 29.9 Å². The second-order valence-electron chi connectivity index (χ2n) is 5.73. The zero-order valence-corrected chi connectivity index (χ0v) is 15.5. The van der Waals surface area contributed by atoms with Gasteiger partial charge in [-0.05, 0) is 37.1 Å². The van der Waals surface area contributed by atoms with E-state index in [9.17, 15) is 14.4 Å². The summed E-state index contributed by atoms with van der Waals surface area (Å²) in [4.78, 5) is 39.1. The molecule has 2 rings (SSSR count). The minimum Gasteiger partial charge on any atom is -0.465 e. The average Bonchev–Trinajstić information content (AvgIpc) is 2.92. The van der Waals surface area contributed by atoms with Crippen LogP contribution in [0.25, 0.3) is 0 Å². The molecule has 1 heterocycles. The van der Waals surface area contributed by atoms with E-state index in [4.69, 9.17) is 22.1 Å². The number of primary amides is 1. The van der Waals surface area contributed by atoms with Gasteiger partial charge in [0.2, 0.25) is 5.91 Å². The molecule has 0 atom stereocenters. The summed E-state index contributed by atoms with van der Waals surface area (Å²) < 4.78 is 4.81. The molecule has 1 aromatic heterocycles. The van der Waals surface area contributed by atoms with Crippen LogP contribution >= 0.6 is 11.6 Å². The third kappa shape index (κ3) is 3.88. The number of nitrogens with two attached hydrogens (primary N) is 1. The predicted molar refractivity (Wildman–Crippen MR) is 98.8 cm³/mol. The number of aromatic nitrogens is 1. The SMILES string of the molecule is CCCc1c(C(=O)Nc2ccc(Cl)c(C(N)=O)c2)[nH]c(C)c1C(=O)OC. The zero-order valence-electron chi connectivity index (χ0n) is 14.7. The molecule has 2 amide bonds. The molecule has 0 unspecified atom stereocenters. The molecule has 0 bridgehead atoms. The van der Waals surface area contributed by atoms with Crippen molar-refractivity contribution in [1.82, 2.24) is 4.98 Å². The number of anilines is 1. The quantitative estimate of drug-likeness (QED) is 0.671. The Labute approximate surface area is 155 Å². The standard InChI is InChI=1S/C18H20ClN3O4/c1-4-5-11-14(18(25)26-3)9(2)21-15(11)17(24)22-10-6-7-13(19)12(8-10)16(20)23/h6-8,21H,4-5H2,1-3H3,(H2,20,23)(H,22,24). The first-order chi connectivity index (χ1) is 12.3. The van der Waals surface area contributed by atoms with Crippen LogP contribution in [0.2, 0.25) is 5.02 Å². The molecule has 0 aliphatic carbocycles. The molecule has 1 aromatic carbocycles. The van der Waals surface area contributed by atoms with Crippen molar-refractivity contribution >= 4 is 35.1 Å². The first-order valence-corrected chi connectivity index (χ1v) is 8.38. The molecule has 0 saturated carbocycles. The number of aryl methyl sites for hydroxylation is 1. The molecule has 138 valence electrons. The number of benzene rings is 1. The van der Waals surface area contributed by atoms with Gasteiger partial charge < -0.3 is 20.8 Å². The molecule has 7 nitrogen and oxygen atoms in total. The van der Waals surface area contributed by atoms with Crippen molar-refractivity contribution in [2.45, 2.75) is 26.7 Å². The highest BCUT2D eigenvalue weighted by molar-refractivity contribution is 6.34. The first-order valence-electron chi connectivity index (χ1n) is 8.00. The second kappa shape index (κ2) is 8.05. The number of H-pyrrole nitrogens is 1. The molecular weight excluding hydrogens is 358 g/mol. The number of esters is 1. The lowest BCUT2D eigenvalue weighted by Crippen LogP contribution is -2.17. The summed E-state index contributed by atoms with van der Waals surface area (Å²) in [6.07, 6.45) is 1.28. The van der Waals surface area contributed by atoms with Gasteiger partial charge in [0.15, 0.2) is 0 Å². The van der Waals surface area contributed by atoms with E-state index in [-0.39, 0.29) is 16.3 Å². The van der Waals surface area contributed by atoms with Gasteiger partial charge in [0.1, 0.15) is 5.69 Å². The van der Waals surface area contributed by atoms with Gasteiger partial charge in [-0.15, -0.1) is 0 Å². The van der Waals surface area contributed by atoms with Crippen molar-refractivity contribution in [3.8, 4) is 0 Å². The van der Waals surface area contributed by atoms with Crippen LogP contribution < -0.4 is 11.1 Å². The third-order valence-electron chi connectivity index (χ3n) is 3.90. The van der Waals surface area contributed by atoms with Crippen molar-refractivity contribution in [3.05, 3.63) is 51.3 Å². The van der Waals surface area contributed by atoms with Gasteiger partial charge in [-0.25, -0.2) is 4.79 Å². The Hall–Kier alpha value is -2.80. The Morgan fingerprint density at radius 1 is 1.31 bits per heavy atom. The largest absolute Gasteiger partial charge is 0.465 e. The maximum absolute atomic E-state index is 12.7. The van der Waals surface area contributed by atoms with Crippen LogP contribution in [0.3, 0.4) is 0 Å². The van der Waals surface area contributed by atoms with Gasteiger partial charge in [-0.1, -0.05) is 24.9 Å². The Morgan fingerprint density at radius 3 is 2.58 bits per heavy atom. The Morgan fingerprint density at radius 2 is 2.00 bits per heavy atom. The minimum absolute atomic E-state index is 0.108. The van der Waals surface area contributed by atoms with Gasteiger partial charge in [-0.3, -0.25) is 9.59 Å². The van der Waals surface area contributed by atoms with E-state index in [2.05, 4.69) is 10.3 Å². The van der Waals surface area contributed by atoms with Crippen LogP contribution in [0.5, 0.6) is 0 Å². The number of rotatable bonds is 6. The summed E-state index contributed by atoms with van der Waals surface area (Å²) in [6.45, 7) is 3.65. The van der Waals surface area contributed by atoms with E-state index in [1.807, 2.05) is 6.92 Å². The zero-order chi connectivity index (χ0) is 19.4. The van der Waals surface area contributed by atoms with Crippen molar-refractivity contribution < 1.29 is 19.1 Å². The number of hydrogen-bond acceptors (Lipinski definition) is 4. The maximum Gasteiger partial charge on any atom is 0.339 e. The molecule has 0 aliphatic heterocycles. The van der Waals surface area contributed by atoms with Crippen LogP contribution in [0.4, 0.5) is 5.69 Å². The number of carbonyl (C=O) groups excluding carboxylic acids is 3. The fourth-order valence-corrected chi connectivity index (χ4v) is 2.95. The monoisotopic (exact) mass is 377 g/mol. The van der Waals surface area contributed by atoms with E-state index >= 15 is 0 Å². The van der Waals surface area contributed by atoms with Gasteiger partial charge in [0, 0.05) is 11.4 Å². The van der Waals surface area contributed by atoms with Gasteiger partial charge in [-0.2, -0.15) is 0 Å². The molecule has 0 saturated heterocycles. The normalized spacial score (nSPS) is 10.5. The number of carbonyl (C=O) groups is 3. The topological polar surface area (TPSA) is 114 Å². The number of aromatic amines is 1. The highest BCUT2D eigenvalue weighted by Gasteiger charge is 2.25. The number of ether oxygens (including phenoxy) is 1. The number of amides is 2. The fraction of sp³-hybridized carbons (Fsp3) is 0.278. The van der Waals surface area contributed by atoms with Gasteiger partial charge in [0.25, 0.3) is 5.91 Å². The summed E-state index contributed by atoms with van der Waals surface area (Å²) in [5, 5.41) is 2.89. The van der Waals surface area contributed by atoms with Crippen molar-refractivity contribution in [3.63, 3.8) is 0 Å². The summed E-state index contributed by atoms with van der Waals surface area (Å²) >= 11 is 5.92. The van der Waals surface area contributed by atoms with Crippen LogP contribution in [-0.2, 0) is 11.2 Å². The van der Waals surface area contributed by atoms with E-state index in [1.165, 1.54) is 19.2 Å². The summed E-state index contributed by atoms with van der Waals surface area (Å²) in [7, 11) is 1.29. The van der Waals surface area contributed by atoms with Gasteiger partial charge in [0.05, 0.1) is 23.3 Å². The number of nitrogens with one attached hydrogen (secondary N) is 2. The molecule has 8 heteroatoms. The summed E-state index contributed by atoms with van der Waals surface area (Å²) in [5.41, 5.74) is 7.54. The molecule has 0 radical (unpaired) electrons. The Bertz CT molecular complexity index is 874. The lowest BCUT2D eigenvalue weighted by atomic mass is 10.0. The number of hydrogen-bond donors (Lipinski definition) is 3. The second-order valence-corrected chi connectivity index (χ2v) is 6.14. The first kappa shape index (κ1) is 19.5. The maximum atomic E-state index is 12.7. The van der Waals surface area contributed by atoms with Crippen LogP contribution in [0, 0.1) is 6.92 Å². The van der Waals surface area contributed by atoms with Crippen LogP contribution in [0.15, 0.2) is 18.2 Å². The van der Waals surface area contributed by atoms with Crippen molar-refractivity contribution in [2.75, 3.05) is 12.4 Å². The fourth-order valence-electron chi connectivity index (χ4n) is 2.73. The predicted octanol–water partition coefficient (Wildman–Crippen LogP) is 3.07. The lowest BCUT2D eigenvalue weighted by molar-refractivity contribution is 0.0598. The lowest BCUT2D eigenvalue weighted by Gasteiger charge is -2.09. The smallest absolute Gasteiger partial charge is 0.339 e. The highest BCUT2D eigenvalue weighted by Crippen LogP contribution is 2.24. The van der Waals surface area contributed by atoms with E-state index in [0.29, 0.717) is 28.9 Å². The molecular formula is C18H20ClN3O4. The van der Waals surface area contributed by atoms with Gasteiger partial charge >= 0.3 is 5.97 Å². The van der Waals surface area contributed by atoms with E-state index < -0.39 is 17.8 Å². The van der Waals surface area contributed by atoms with Crippen LogP contribution in [0.1, 0.15) is 55.8 Å². The average molecular weight is 378 g/mol. The molecule has 4 N–H and O–H groups in total. The van der Waals surface area contributed by atoms with Crippen molar-refractivity contribution in [2.24, 2.45) is 5.73 Å². The Balaban J connectivity index is 2.40. The van der Waals surface area contributed by atoms with E-state index in [0.717, 1.165) is 6.42 Å². The number of methoxy groups -OCH3 is 1. The Kier molecular flexibility index (Phi) is 6.05. The molecule has 2 aromatic rings. The molecule has 26 heavy (non-hydrogen) atoms. The molecule has 0 aliphatic rings. The minimum atomic E-state index is -0.693.